The minimum atomic E-state index is 0.428. The van der Waals surface area contributed by atoms with Crippen LogP contribution in [0.4, 0.5) is 0 Å². The van der Waals surface area contributed by atoms with Gasteiger partial charge in [-0.1, -0.05) is 29.8 Å². The van der Waals surface area contributed by atoms with Crippen LogP contribution in [-0.2, 0) is 6.54 Å². The second-order valence-electron chi connectivity index (χ2n) is 7.47. The van der Waals surface area contributed by atoms with Crippen molar-refractivity contribution in [1.82, 2.24) is 15.1 Å². The van der Waals surface area contributed by atoms with Crippen molar-refractivity contribution in [2.24, 2.45) is 0 Å². The van der Waals surface area contributed by atoms with Gasteiger partial charge in [0.05, 0.1) is 20.4 Å². The van der Waals surface area contributed by atoms with Crippen molar-refractivity contribution in [3.63, 3.8) is 0 Å². The minimum absolute atomic E-state index is 0.428. The Morgan fingerprint density at radius 2 is 1.90 bits per heavy atom. The molecule has 0 bridgehead atoms. The van der Waals surface area contributed by atoms with Gasteiger partial charge in [-0.05, 0) is 54.8 Å². The number of piperidine rings is 1. The summed E-state index contributed by atoms with van der Waals surface area (Å²) in [4.78, 5) is 2.50. The fourth-order valence-corrected chi connectivity index (χ4v) is 4.26. The molecule has 0 radical (unpaired) electrons. The van der Waals surface area contributed by atoms with Gasteiger partial charge in [-0.25, -0.2) is 0 Å². The summed E-state index contributed by atoms with van der Waals surface area (Å²) < 4.78 is 10.8. The zero-order chi connectivity index (χ0) is 20.2. The molecule has 2 heterocycles. The lowest BCUT2D eigenvalue weighted by atomic mass is 9.90. The Bertz CT molecular complexity index is 955. The number of aromatic amines is 1. The van der Waals surface area contributed by atoms with E-state index in [1.54, 1.807) is 14.2 Å². The first-order valence-electron chi connectivity index (χ1n) is 9.90. The van der Waals surface area contributed by atoms with Gasteiger partial charge in [0.15, 0.2) is 11.5 Å². The molecule has 1 saturated heterocycles. The van der Waals surface area contributed by atoms with Crippen LogP contribution in [0.2, 0.25) is 5.02 Å². The van der Waals surface area contributed by atoms with Crippen LogP contribution in [0.3, 0.4) is 0 Å². The Balaban J connectivity index is 1.50. The Morgan fingerprint density at radius 1 is 1.10 bits per heavy atom. The number of hydrogen-bond donors (Lipinski definition) is 1. The van der Waals surface area contributed by atoms with E-state index in [0.717, 1.165) is 54.6 Å². The molecule has 1 fully saturated rings. The molecule has 0 saturated carbocycles. The van der Waals surface area contributed by atoms with Gasteiger partial charge >= 0.3 is 0 Å². The molecule has 152 valence electrons. The van der Waals surface area contributed by atoms with E-state index >= 15 is 0 Å². The molecule has 0 spiro atoms. The minimum Gasteiger partial charge on any atom is -0.493 e. The van der Waals surface area contributed by atoms with Crippen molar-refractivity contribution < 1.29 is 9.47 Å². The van der Waals surface area contributed by atoms with Gasteiger partial charge in [-0.15, -0.1) is 0 Å². The number of hydrogen-bond acceptors (Lipinski definition) is 4. The summed E-state index contributed by atoms with van der Waals surface area (Å²) in [5.41, 5.74) is 4.75. The first-order valence-corrected chi connectivity index (χ1v) is 10.3. The number of rotatable bonds is 6. The lowest BCUT2D eigenvalue weighted by molar-refractivity contribution is 0.198. The summed E-state index contributed by atoms with van der Waals surface area (Å²) in [5, 5.41) is 8.35. The van der Waals surface area contributed by atoms with Crippen molar-refractivity contribution in [2.45, 2.75) is 25.3 Å². The molecule has 1 aliphatic rings. The lowest BCUT2D eigenvalue weighted by Crippen LogP contribution is -2.34. The average molecular weight is 412 g/mol. The van der Waals surface area contributed by atoms with Crippen molar-refractivity contribution >= 4 is 11.6 Å². The van der Waals surface area contributed by atoms with Crippen molar-refractivity contribution in [3.8, 4) is 22.6 Å². The van der Waals surface area contributed by atoms with Gasteiger partial charge in [0.25, 0.3) is 0 Å². The molecule has 1 aliphatic heterocycles. The maximum atomic E-state index is 6.05. The van der Waals surface area contributed by atoms with Crippen LogP contribution in [0.15, 0.2) is 48.7 Å². The summed E-state index contributed by atoms with van der Waals surface area (Å²) in [5.74, 6) is 1.96. The molecular weight excluding hydrogens is 386 g/mol. The second-order valence-corrected chi connectivity index (χ2v) is 7.90. The molecule has 1 atom stereocenters. The molecule has 0 aliphatic carbocycles. The predicted molar refractivity (Wildman–Crippen MR) is 116 cm³/mol. The SMILES string of the molecule is COc1ccc(CN2CCC[C@@H](c3[nH]ncc3-c3ccc(Cl)cc3)C2)cc1OC. The molecule has 0 unspecified atom stereocenters. The Labute approximate surface area is 176 Å². The van der Waals surface area contributed by atoms with Gasteiger partial charge < -0.3 is 9.47 Å². The van der Waals surface area contributed by atoms with E-state index in [1.807, 2.05) is 24.4 Å². The lowest BCUT2D eigenvalue weighted by Gasteiger charge is -2.32. The monoisotopic (exact) mass is 411 g/mol. The van der Waals surface area contributed by atoms with Crippen LogP contribution < -0.4 is 9.47 Å². The number of likely N-dealkylation sites (tertiary alicyclic amines) is 1. The molecule has 29 heavy (non-hydrogen) atoms. The van der Waals surface area contributed by atoms with Crippen LogP contribution >= 0.6 is 11.6 Å². The highest BCUT2D eigenvalue weighted by Crippen LogP contribution is 2.34. The summed E-state index contributed by atoms with van der Waals surface area (Å²) in [6.45, 7) is 2.98. The number of nitrogens with zero attached hydrogens (tertiary/aromatic N) is 2. The molecule has 1 aromatic heterocycles. The molecular formula is C23H26ClN3O2. The summed E-state index contributed by atoms with van der Waals surface area (Å²) >= 11 is 6.05. The van der Waals surface area contributed by atoms with E-state index in [1.165, 1.54) is 16.8 Å². The topological polar surface area (TPSA) is 50.4 Å². The number of methoxy groups -OCH3 is 2. The molecule has 5 nitrogen and oxygen atoms in total. The van der Waals surface area contributed by atoms with E-state index in [2.05, 4.69) is 39.4 Å². The third kappa shape index (κ3) is 4.41. The van der Waals surface area contributed by atoms with E-state index in [0.29, 0.717) is 5.92 Å². The highest BCUT2D eigenvalue weighted by atomic mass is 35.5. The van der Waals surface area contributed by atoms with Crippen LogP contribution in [0, 0.1) is 0 Å². The van der Waals surface area contributed by atoms with E-state index in [9.17, 15) is 0 Å². The van der Waals surface area contributed by atoms with Crippen molar-refractivity contribution in [2.75, 3.05) is 27.3 Å². The highest BCUT2D eigenvalue weighted by molar-refractivity contribution is 6.30. The van der Waals surface area contributed by atoms with Crippen LogP contribution in [0.25, 0.3) is 11.1 Å². The first kappa shape index (κ1) is 19.8. The number of nitrogens with one attached hydrogen (secondary N) is 1. The van der Waals surface area contributed by atoms with Gasteiger partial charge in [-0.2, -0.15) is 5.10 Å². The molecule has 1 N–H and O–H groups in total. The zero-order valence-corrected chi connectivity index (χ0v) is 17.6. The average Bonchev–Trinajstić information content (AvgIpc) is 3.24. The number of halogens is 1. The molecule has 4 rings (SSSR count). The fourth-order valence-electron chi connectivity index (χ4n) is 4.14. The maximum Gasteiger partial charge on any atom is 0.161 e. The number of benzene rings is 2. The number of ether oxygens (including phenoxy) is 2. The molecule has 0 amide bonds. The highest BCUT2D eigenvalue weighted by Gasteiger charge is 2.25. The normalized spacial score (nSPS) is 17.3. The largest absolute Gasteiger partial charge is 0.493 e. The van der Waals surface area contributed by atoms with Crippen LogP contribution in [-0.4, -0.2) is 42.4 Å². The predicted octanol–water partition coefficient (Wildman–Crippen LogP) is 5.13. The van der Waals surface area contributed by atoms with Crippen LogP contribution in [0.1, 0.15) is 30.0 Å². The zero-order valence-electron chi connectivity index (χ0n) is 16.8. The maximum absolute atomic E-state index is 6.05. The van der Waals surface area contributed by atoms with E-state index in [4.69, 9.17) is 21.1 Å². The standard InChI is InChI=1S/C23H26ClN3O2/c1-28-21-10-5-16(12-22(21)29-2)14-27-11-3-4-18(15-27)23-20(13-25-26-23)17-6-8-19(24)9-7-17/h5-10,12-13,18H,3-4,11,14-15H2,1-2H3,(H,25,26)/t18-/m1/s1. The molecule has 6 heteroatoms. The second kappa shape index (κ2) is 8.89. The third-order valence-corrected chi connectivity index (χ3v) is 5.84. The van der Waals surface area contributed by atoms with Gasteiger partial charge in [0, 0.05) is 35.3 Å². The summed E-state index contributed by atoms with van der Waals surface area (Å²) in [6.07, 6.45) is 4.24. The summed E-state index contributed by atoms with van der Waals surface area (Å²) in [6, 6.07) is 14.1. The van der Waals surface area contributed by atoms with Gasteiger partial charge in [0.1, 0.15) is 0 Å². The Hall–Kier alpha value is -2.50. The first-order chi connectivity index (χ1) is 14.2. The van der Waals surface area contributed by atoms with E-state index in [-0.39, 0.29) is 0 Å². The fraction of sp³-hybridized carbons (Fsp3) is 0.348. The smallest absolute Gasteiger partial charge is 0.161 e. The summed E-state index contributed by atoms with van der Waals surface area (Å²) in [7, 11) is 3.34. The van der Waals surface area contributed by atoms with Crippen molar-refractivity contribution in [3.05, 3.63) is 64.9 Å². The molecule has 3 aromatic rings. The van der Waals surface area contributed by atoms with E-state index < -0.39 is 0 Å². The quantitative estimate of drug-likeness (QED) is 0.611. The van der Waals surface area contributed by atoms with Crippen molar-refractivity contribution in [1.29, 1.82) is 0 Å². The Morgan fingerprint density at radius 3 is 2.66 bits per heavy atom. The number of aromatic nitrogens is 2. The molecule has 2 aromatic carbocycles. The third-order valence-electron chi connectivity index (χ3n) is 5.59. The van der Waals surface area contributed by atoms with Crippen LogP contribution in [0.5, 0.6) is 11.5 Å². The Kier molecular flexibility index (Phi) is 6.07. The van der Waals surface area contributed by atoms with Gasteiger partial charge in [0.2, 0.25) is 0 Å². The number of H-pyrrole nitrogens is 1. The van der Waals surface area contributed by atoms with Gasteiger partial charge in [-0.3, -0.25) is 10.00 Å².